The highest BCUT2D eigenvalue weighted by molar-refractivity contribution is 5.88. The number of carbonyl (C=O) groups excluding carboxylic acids is 2. The van der Waals surface area contributed by atoms with Crippen LogP contribution in [0, 0.1) is 0 Å². The first-order valence-electron chi connectivity index (χ1n) is 9.15. The molecule has 6 nitrogen and oxygen atoms in total. The van der Waals surface area contributed by atoms with E-state index in [1.54, 1.807) is 48.5 Å². The van der Waals surface area contributed by atoms with E-state index in [-0.39, 0.29) is 6.61 Å². The molecular weight excluding hydrogens is 368 g/mol. The largest absolute Gasteiger partial charge is 0.489 e. The van der Waals surface area contributed by atoms with Crippen molar-refractivity contribution in [2.75, 3.05) is 6.61 Å². The van der Waals surface area contributed by atoms with E-state index >= 15 is 0 Å². The molecule has 0 fully saturated rings. The molecule has 3 aromatic carbocycles. The van der Waals surface area contributed by atoms with Crippen molar-refractivity contribution in [2.24, 2.45) is 5.73 Å². The van der Waals surface area contributed by atoms with Gasteiger partial charge >= 0.3 is 0 Å². The van der Waals surface area contributed by atoms with E-state index in [1.165, 1.54) is 0 Å². The zero-order chi connectivity index (χ0) is 20.5. The lowest BCUT2D eigenvalue weighted by atomic mass is 10.1. The van der Waals surface area contributed by atoms with Gasteiger partial charge in [-0.2, -0.15) is 0 Å². The van der Waals surface area contributed by atoms with Crippen LogP contribution in [0.2, 0.25) is 0 Å². The van der Waals surface area contributed by atoms with Gasteiger partial charge in [0.05, 0.1) is 0 Å². The molecule has 0 radical (unpaired) electrons. The molecule has 0 aliphatic heterocycles. The second kappa shape index (κ2) is 9.94. The normalized spacial score (nSPS) is 11.3. The summed E-state index contributed by atoms with van der Waals surface area (Å²) in [6, 6.07) is 24.8. The van der Waals surface area contributed by atoms with Gasteiger partial charge in [0, 0.05) is 0 Å². The Morgan fingerprint density at radius 1 is 0.793 bits per heavy atom. The van der Waals surface area contributed by atoms with Gasteiger partial charge in [0.15, 0.2) is 6.61 Å². The van der Waals surface area contributed by atoms with Crippen LogP contribution in [-0.2, 0) is 16.2 Å². The Morgan fingerprint density at radius 3 is 1.93 bits per heavy atom. The highest BCUT2D eigenvalue weighted by Crippen LogP contribution is 2.19. The van der Waals surface area contributed by atoms with Crippen LogP contribution in [0.1, 0.15) is 17.2 Å². The van der Waals surface area contributed by atoms with Gasteiger partial charge in [-0.05, 0) is 35.4 Å². The minimum atomic E-state index is -0.902. The number of primary amides is 1. The van der Waals surface area contributed by atoms with Crippen LogP contribution in [0.3, 0.4) is 0 Å². The van der Waals surface area contributed by atoms with E-state index in [1.807, 2.05) is 36.4 Å². The van der Waals surface area contributed by atoms with Gasteiger partial charge < -0.3 is 20.5 Å². The van der Waals surface area contributed by atoms with Crippen molar-refractivity contribution in [1.82, 2.24) is 5.32 Å². The number of amides is 2. The summed E-state index contributed by atoms with van der Waals surface area (Å²) >= 11 is 0. The summed E-state index contributed by atoms with van der Waals surface area (Å²) < 4.78 is 11.2. The molecule has 1 atom stereocenters. The van der Waals surface area contributed by atoms with Gasteiger partial charge in [-0.1, -0.05) is 60.7 Å². The summed E-state index contributed by atoms with van der Waals surface area (Å²) in [5.74, 6) is 0.137. The lowest BCUT2D eigenvalue weighted by Gasteiger charge is -2.16. The number of rotatable bonds is 9. The summed E-state index contributed by atoms with van der Waals surface area (Å²) in [6.45, 7) is 0.234. The molecule has 0 bridgehead atoms. The highest BCUT2D eigenvalue weighted by Gasteiger charge is 2.20. The van der Waals surface area contributed by atoms with Gasteiger partial charge in [0.1, 0.15) is 24.1 Å². The fourth-order valence-corrected chi connectivity index (χ4v) is 2.69. The highest BCUT2D eigenvalue weighted by atomic mass is 16.5. The Hall–Kier alpha value is -3.80. The molecule has 2 amide bonds. The predicted molar refractivity (Wildman–Crippen MR) is 109 cm³/mol. The molecule has 0 saturated heterocycles. The lowest BCUT2D eigenvalue weighted by Crippen LogP contribution is -2.39. The third kappa shape index (κ3) is 6.10. The molecule has 0 aromatic heterocycles. The predicted octanol–water partition coefficient (Wildman–Crippen LogP) is 2.99. The summed E-state index contributed by atoms with van der Waals surface area (Å²) in [5, 5.41) is 2.59. The molecule has 0 aliphatic carbocycles. The van der Waals surface area contributed by atoms with Crippen LogP contribution in [-0.4, -0.2) is 18.4 Å². The van der Waals surface area contributed by atoms with Gasteiger partial charge in [-0.3, -0.25) is 9.59 Å². The summed E-state index contributed by atoms with van der Waals surface area (Å²) in [6.07, 6.45) is 0. The van der Waals surface area contributed by atoms with Crippen LogP contribution >= 0.6 is 0 Å². The number of nitrogens with two attached hydrogens (primary N) is 1. The van der Waals surface area contributed by atoms with E-state index in [0.29, 0.717) is 23.7 Å². The van der Waals surface area contributed by atoms with Crippen molar-refractivity contribution in [2.45, 2.75) is 12.6 Å². The fraction of sp³-hybridized carbons (Fsp3) is 0.130. The minimum Gasteiger partial charge on any atom is -0.489 e. The number of nitrogens with one attached hydrogen (secondary N) is 1. The second-order valence-electron chi connectivity index (χ2n) is 6.35. The third-order valence-corrected chi connectivity index (χ3v) is 4.16. The molecule has 0 heterocycles. The topological polar surface area (TPSA) is 90.7 Å². The minimum absolute atomic E-state index is 0.235. The average molecular weight is 390 g/mol. The second-order valence-corrected chi connectivity index (χ2v) is 6.35. The molecule has 6 heteroatoms. The van der Waals surface area contributed by atoms with E-state index in [0.717, 1.165) is 5.56 Å². The van der Waals surface area contributed by atoms with Crippen LogP contribution < -0.4 is 20.5 Å². The summed E-state index contributed by atoms with van der Waals surface area (Å²) in [5.41, 5.74) is 7.10. The van der Waals surface area contributed by atoms with Gasteiger partial charge in [-0.25, -0.2) is 0 Å². The zero-order valence-electron chi connectivity index (χ0n) is 15.8. The maximum absolute atomic E-state index is 12.2. The van der Waals surface area contributed by atoms with Crippen molar-refractivity contribution in [1.29, 1.82) is 0 Å². The molecule has 3 rings (SSSR count). The number of hydrogen-bond acceptors (Lipinski definition) is 4. The summed E-state index contributed by atoms with van der Waals surface area (Å²) in [7, 11) is 0. The number of carbonyl (C=O) groups is 2. The molecule has 148 valence electrons. The van der Waals surface area contributed by atoms with Crippen LogP contribution in [0.5, 0.6) is 11.5 Å². The third-order valence-electron chi connectivity index (χ3n) is 4.16. The van der Waals surface area contributed by atoms with E-state index in [9.17, 15) is 9.59 Å². The van der Waals surface area contributed by atoms with Crippen molar-refractivity contribution in [3.05, 3.63) is 96.1 Å². The number of ether oxygens (including phenoxy) is 2. The van der Waals surface area contributed by atoms with E-state index in [4.69, 9.17) is 15.2 Å². The molecule has 1 unspecified atom stereocenters. The Labute approximate surface area is 169 Å². The molecule has 29 heavy (non-hydrogen) atoms. The average Bonchev–Trinajstić information content (AvgIpc) is 2.76. The molecule has 0 spiro atoms. The number of benzene rings is 3. The lowest BCUT2D eigenvalue weighted by molar-refractivity contribution is -0.128. The molecule has 0 aliphatic rings. The zero-order valence-corrected chi connectivity index (χ0v) is 15.8. The molecule has 3 N–H and O–H groups in total. The fourth-order valence-electron chi connectivity index (χ4n) is 2.69. The first-order valence-corrected chi connectivity index (χ1v) is 9.15. The van der Waals surface area contributed by atoms with Gasteiger partial charge in [0.2, 0.25) is 5.91 Å². The van der Waals surface area contributed by atoms with Crippen LogP contribution in [0.15, 0.2) is 84.9 Å². The summed E-state index contributed by atoms with van der Waals surface area (Å²) in [4.78, 5) is 23.8. The standard InChI is InChI=1S/C23H22N2O4/c24-23(27)22(18-9-5-2-6-10-18)25-21(26)16-29-20-13-11-19(12-14-20)28-15-17-7-3-1-4-8-17/h1-14,22H,15-16H2,(H2,24,27)(H,25,26). The maximum atomic E-state index is 12.2. The Balaban J connectivity index is 1.49. The SMILES string of the molecule is NC(=O)C(NC(=O)COc1ccc(OCc2ccccc2)cc1)c1ccccc1. The van der Waals surface area contributed by atoms with E-state index in [2.05, 4.69) is 5.32 Å². The quantitative estimate of drug-likeness (QED) is 0.588. The van der Waals surface area contributed by atoms with Gasteiger partial charge in [-0.15, -0.1) is 0 Å². The monoisotopic (exact) mass is 390 g/mol. The molecular formula is C23H22N2O4. The van der Waals surface area contributed by atoms with Crippen LogP contribution in [0.4, 0.5) is 0 Å². The maximum Gasteiger partial charge on any atom is 0.258 e. The smallest absolute Gasteiger partial charge is 0.258 e. The van der Waals surface area contributed by atoms with Crippen LogP contribution in [0.25, 0.3) is 0 Å². The van der Waals surface area contributed by atoms with Crippen molar-refractivity contribution >= 4 is 11.8 Å². The Kier molecular flexibility index (Phi) is 6.84. The number of hydrogen-bond donors (Lipinski definition) is 2. The Morgan fingerprint density at radius 2 is 1.34 bits per heavy atom. The molecule has 3 aromatic rings. The van der Waals surface area contributed by atoms with Crippen molar-refractivity contribution in [3.8, 4) is 11.5 Å². The first-order chi connectivity index (χ1) is 14.1. The first kappa shape index (κ1) is 19.9. The van der Waals surface area contributed by atoms with Crippen molar-refractivity contribution < 1.29 is 19.1 Å². The van der Waals surface area contributed by atoms with Gasteiger partial charge in [0.25, 0.3) is 5.91 Å². The van der Waals surface area contributed by atoms with Crippen molar-refractivity contribution in [3.63, 3.8) is 0 Å². The van der Waals surface area contributed by atoms with E-state index < -0.39 is 17.9 Å². The molecule has 0 saturated carbocycles. The Bertz CT molecular complexity index is 928.